The zero-order valence-electron chi connectivity index (χ0n) is 11.8. The van der Waals surface area contributed by atoms with Crippen LogP contribution in [0.5, 0.6) is 0 Å². The van der Waals surface area contributed by atoms with Crippen LogP contribution in [0, 0.1) is 11.7 Å². The Hall–Kier alpha value is -2.11. The van der Waals surface area contributed by atoms with E-state index in [1.807, 2.05) is 13.8 Å². The van der Waals surface area contributed by atoms with Gasteiger partial charge in [0.25, 0.3) is 0 Å². The molecule has 0 aromatic heterocycles. The van der Waals surface area contributed by atoms with Crippen LogP contribution in [0.15, 0.2) is 18.2 Å². The number of halogens is 1. The smallest absolute Gasteiger partial charge is 0.337 e. The van der Waals surface area contributed by atoms with Gasteiger partial charge in [0.1, 0.15) is 5.82 Å². The number of nitrogens with zero attached hydrogens (tertiary/aromatic N) is 1. The molecule has 6 heteroatoms. The summed E-state index contributed by atoms with van der Waals surface area (Å²) >= 11 is 0. The molecule has 0 aliphatic heterocycles. The topological polar surface area (TPSA) is 69.6 Å². The summed E-state index contributed by atoms with van der Waals surface area (Å²) in [5, 5.41) is 11.4. The molecule has 5 nitrogen and oxygen atoms in total. The van der Waals surface area contributed by atoms with E-state index in [1.165, 1.54) is 4.90 Å². The molecule has 0 saturated heterocycles. The van der Waals surface area contributed by atoms with Gasteiger partial charge in [-0.3, -0.25) is 0 Å². The highest BCUT2D eigenvalue weighted by molar-refractivity contribution is 5.99. The highest BCUT2D eigenvalue weighted by Crippen LogP contribution is 2.18. The molecule has 0 aliphatic carbocycles. The van der Waals surface area contributed by atoms with E-state index < -0.39 is 17.8 Å². The summed E-state index contributed by atoms with van der Waals surface area (Å²) in [4.78, 5) is 24.4. The minimum atomic E-state index is -1.22. The third-order valence-electron chi connectivity index (χ3n) is 2.84. The number of hydrogen-bond donors (Lipinski definition) is 2. The van der Waals surface area contributed by atoms with Crippen molar-refractivity contribution in [2.24, 2.45) is 5.92 Å². The highest BCUT2D eigenvalue weighted by atomic mass is 19.1. The zero-order chi connectivity index (χ0) is 15.3. The van der Waals surface area contributed by atoms with Gasteiger partial charge >= 0.3 is 12.0 Å². The number of rotatable bonds is 5. The second kappa shape index (κ2) is 6.88. The van der Waals surface area contributed by atoms with Crippen LogP contribution in [0.3, 0.4) is 0 Å². The highest BCUT2D eigenvalue weighted by Gasteiger charge is 2.15. The van der Waals surface area contributed by atoms with Crippen LogP contribution in [0.2, 0.25) is 0 Å². The maximum Gasteiger partial charge on any atom is 0.337 e. The lowest BCUT2D eigenvalue weighted by molar-refractivity contribution is 0.0698. The second-order valence-electron chi connectivity index (χ2n) is 5.03. The molecule has 0 saturated carbocycles. The average molecular weight is 282 g/mol. The summed E-state index contributed by atoms with van der Waals surface area (Å²) in [5.41, 5.74) is -0.184. The van der Waals surface area contributed by atoms with E-state index in [9.17, 15) is 14.0 Å². The van der Waals surface area contributed by atoms with Crippen LogP contribution in [-0.4, -0.2) is 35.6 Å². The lowest BCUT2D eigenvalue weighted by Crippen LogP contribution is -2.33. The summed E-state index contributed by atoms with van der Waals surface area (Å²) in [5.74, 6) is -1.37. The maximum absolute atomic E-state index is 13.2. The van der Waals surface area contributed by atoms with Crippen molar-refractivity contribution in [2.45, 2.75) is 20.3 Å². The summed E-state index contributed by atoms with van der Waals surface area (Å²) in [7, 11) is 1.61. The SMILES string of the molecule is CC(C)CCN(C)C(=O)Nc1cc(F)ccc1C(=O)O. The van der Waals surface area contributed by atoms with Crippen molar-refractivity contribution in [3.05, 3.63) is 29.6 Å². The van der Waals surface area contributed by atoms with Gasteiger partial charge in [0.15, 0.2) is 0 Å². The van der Waals surface area contributed by atoms with Crippen molar-refractivity contribution in [3.8, 4) is 0 Å². The number of amides is 2. The molecule has 1 aromatic carbocycles. The second-order valence-corrected chi connectivity index (χ2v) is 5.03. The van der Waals surface area contributed by atoms with Gasteiger partial charge in [-0.1, -0.05) is 13.8 Å². The average Bonchev–Trinajstić information content (AvgIpc) is 2.35. The van der Waals surface area contributed by atoms with Crippen molar-refractivity contribution < 1.29 is 19.1 Å². The molecule has 0 unspecified atom stereocenters. The van der Waals surface area contributed by atoms with Gasteiger partial charge in [-0.2, -0.15) is 0 Å². The van der Waals surface area contributed by atoms with Gasteiger partial charge < -0.3 is 15.3 Å². The number of anilines is 1. The Balaban J connectivity index is 2.79. The third kappa shape index (κ3) is 4.53. The van der Waals surface area contributed by atoms with E-state index in [0.717, 1.165) is 24.6 Å². The van der Waals surface area contributed by atoms with Gasteiger partial charge in [-0.05, 0) is 30.5 Å². The first-order valence-electron chi connectivity index (χ1n) is 6.36. The number of carboxylic acids is 1. The van der Waals surface area contributed by atoms with Gasteiger partial charge in [0, 0.05) is 13.6 Å². The Kier molecular flexibility index (Phi) is 5.49. The molecule has 1 rings (SSSR count). The quantitative estimate of drug-likeness (QED) is 0.872. The number of urea groups is 1. The van der Waals surface area contributed by atoms with Gasteiger partial charge in [-0.25, -0.2) is 14.0 Å². The molecule has 2 amide bonds. The number of carbonyl (C=O) groups is 2. The molecule has 0 radical (unpaired) electrons. The van der Waals surface area contributed by atoms with Crippen LogP contribution in [0.4, 0.5) is 14.9 Å². The Labute approximate surface area is 117 Å². The molecule has 2 N–H and O–H groups in total. The normalized spacial score (nSPS) is 10.4. The monoisotopic (exact) mass is 282 g/mol. The molecule has 0 heterocycles. The van der Waals surface area contributed by atoms with E-state index in [2.05, 4.69) is 5.32 Å². The first-order chi connectivity index (χ1) is 9.31. The molecule has 0 atom stereocenters. The van der Waals surface area contributed by atoms with E-state index >= 15 is 0 Å². The fourth-order valence-electron chi connectivity index (χ4n) is 1.57. The minimum absolute atomic E-state index is 0.0427. The summed E-state index contributed by atoms with van der Waals surface area (Å²) < 4.78 is 13.2. The molecular weight excluding hydrogens is 263 g/mol. The third-order valence-corrected chi connectivity index (χ3v) is 2.84. The summed E-state index contributed by atoms with van der Waals surface area (Å²) in [6.45, 7) is 4.63. The molecule has 0 bridgehead atoms. The first kappa shape index (κ1) is 15.9. The Morgan fingerprint density at radius 3 is 2.60 bits per heavy atom. The fourth-order valence-corrected chi connectivity index (χ4v) is 1.57. The summed E-state index contributed by atoms with van der Waals surface area (Å²) in [6, 6.07) is 2.71. The molecule has 110 valence electrons. The Bertz CT molecular complexity index is 503. The van der Waals surface area contributed by atoms with Gasteiger partial charge in [0.05, 0.1) is 11.3 Å². The number of carboxylic acid groups (broad SMARTS) is 1. The number of aromatic carboxylic acids is 1. The van der Waals surface area contributed by atoms with Crippen molar-refractivity contribution in [1.82, 2.24) is 4.90 Å². The van der Waals surface area contributed by atoms with E-state index in [-0.39, 0.29) is 11.3 Å². The molecule has 1 aromatic rings. The molecule has 0 fully saturated rings. The predicted molar refractivity (Wildman–Crippen MR) is 74.5 cm³/mol. The van der Waals surface area contributed by atoms with Crippen LogP contribution in [0.25, 0.3) is 0 Å². The number of nitrogens with one attached hydrogen (secondary N) is 1. The Morgan fingerprint density at radius 1 is 1.40 bits per heavy atom. The van der Waals surface area contributed by atoms with Crippen molar-refractivity contribution in [2.75, 3.05) is 18.9 Å². The summed E-state index contributed by atoms with van der Waals surface area (Å²) in [6.07, 6.45) is 0.832. The molecular formula is C14H19FN2O3. The fraction of sp³-hybridized carbons (Fsp3) is 0.429. The van der Waals surface area contributed by atoms with Crippen LogP contribution in [0.1, 0.15) is 30.6 Å². The lowest BCUT2D eigenvalue weighted by Gasteiger charge is -2.19. The van der Waals surface area contributed by atoms with Crippen LogP contribution in [-0.2, 0) is 0 Å². The molecule has 0 aliphatic rings. The van der Waals surface area contributed by atoms with E-state index in [4.69, 9.17) is 5.11 Å². The van der Waals surface area contributed by atoms with Crippen LogP contribution >= 0.6 is 0 Å². The zero-order valence-corrected chi connectivity index (χ0v) is 11.8. The van der Waals surface area contributed by atoms with E-state index in [0.29, 0.717) is 12.5 Å². The Morgan fingerprint density at radius 2 is 2.05 bits per heavy atom. The van der Waals surface area contributed by atoms with Crippen molar-refractivity contribution >= 4 is 17.7 Å². The molecule has 0 spiro atoms. The van der Waals surface area contributed by atoms with Gasteiger partial charge in [-0.15, -0.1) is 0 Å². The van der Waals surface area contributed by atoms with Gasteiger partial charge in [0.2, 0.25) is 0 Å². The minimum Gasteiger partial charge on any atom is -0.478 e. The van der Waals surface area contributed by atoms with Crippen molar-refractivity contribution in [1.29, 1.82) is 0 Å². The number of hydrogen-bond acceptors (Lipinski definition) is 2. The first-order valence-corrected chi connectivity index (χ1v) is 6.36. The molecule has 20 heavy (non-hydrogen) atoms. The van der Waals surface area contributed by atoms with Crippen LogP contribution < -0.4 is 5.32 Å². The number of benzene rings is 1. The van der Waals surface area contributed by atoms with E-state index in [1.54, 1.807) is 7.05 Å². The standard InChI is InChI=1S/C14H19FN2O3/c1-9(2)6-7-17(3)14(20)16-12-8-10(15)4-5-11(12)13(18)19/h4-5,8-9H,6-7H2,1-3H3,(H,16,20)(H,18,19). The maximum atomic E-state index is 13.2. The van der Waals surface area contributed by atoms with Crippen molar-refractivity contribution in [3.63, 3.8) is 0 Å². The predicted octanol–water partition coefficient (Wildman–Crippen LogP) is 3.03. The largest absolute Gasteiger partial charge is 0.478 e. The lowest BCUT2D eigenvalue weighted by atomic mass is 10.1. The number of carbonyl (C=O) groups excluding carboxylic acids is 1.